The number of nitrogens with zero attached hydrogens (tertiary/aromatic N) is 3. The van der Waals surface area contributed by atoms with Gasteiger partial charge in [0.2, 0.25) is 0 Å². The van der Waals surface area contributed by atoms with Crippen LogP contribution < -0.4 is 0 Å². The summed E-state index contributed by atoms with van der Waals surface area (Å²) in [7, 11) is 0. The van der Waals surface area contributed by atoms with Crippen molar-refractivity contribution in [2.24, 2.45) is 10.5 Å². The van der Waals surface area contributed by atoms with Crippen LogP contribution in [0.25, 0.3) is 10.4 Å². The van der Waals surface area contributed by atoms with E-state index < -0.39 is 41.3 Å². The third kappa shape index (κ3) is 5.08. The van der Waals surface area contributed by atoms with Gasteiger partial charge in [0, 0.05) is 4.91 Å². The predicted octanol–water partition coefficient (Wildman–Crippen LogP) is 2.93. The number of esters is 1. The van der Waals surface area contributed by atoms with Gasteiger partial charge in [0.05, 0.1) is 24.2 Å². The Balaban J connectivity index is 2.16. The highest BCUT2D eigenvalue weighted by Crippen LogP contribution is 2.36. The topological polar surface area (TPSA) is 112 Å². The molecule has 0 aromatic heterocycles. The molecule has 0 amide bonds. The van der Waals surface area contributed by atoms with Crippen LogP contribution in [0.15, 0.2) is 5.11 Å². The number of hydrogen-bond donors (Lipinski definition) is 0. The lowest BCUT2D eigenvalue weighted by Gasteiger charge is -2.28. The van der Waals surface area contributed by atoms with Gasteiger partial charge in [-0.1, -0.05) is 5.11 Å². The van der Waals surface area contributed by atoms with Crippen molar-refractivity contribution in [3.63, 3.8) is 0 Å². The van der Waals surface area contributed by atoms with Crippen molar-refractivity contribution in [3.8, 4) is 0 Å². The lowest BCUT2D eigenvalue weighted by Crippen LogP contribution is -2.45. The monoisotopic (exact) mass is 371 g/mol. The predicted molar refractivity (Wildman–Crippen MR) is 92.1 cm³/mol. The maximum atomic E-state index is 12.1. The second kappa shape index (κ2) is 7.32. The van der Waals surface area contributed by atoms with Gasteiger partial charge < -0.3 is 23.7 Å². The molecule has 9 heteroatoms. The summed E-state index contributed by atoms with van der Waals surface area (Å²) in [6.07, 6.45) is -1.69. The third-order valence-electron chi connectivity index (χ3n) is 4.15. The fourth-order valence-corrected chi connectivity index (χ4v) is 2.95. The molecule has 0 spiro atoms. The molecular formula is C17H29N3O6. The van der Waals surface area contributed by atoms with Crippen LogP contribution in [0.5, 0.6) is 0 Å². The summed E-state index contributed by atoms with van der Waals surface area (Å²) in [5, 5.41) is 3.88. The zero-order valence-electron chi connectivity index (χ0n) is 16.5. The van der Waals surface area contributed by atoms with Crippen LogP contribution in [0.1, 0.15) is 48.5 Å². The quantitative estimate of drug-likeness (QED) is 0.318. The van der Waals surface area contributed by atoms with Crippen molar-refractivity contribution in [1.82, 2.24) is 0 Å². The van der Waals surface area contributed by atoms with Crippen LogP contribution in [0.3, 0.4) is 0 Å². The van der Waals surface area contributed by atoms with E-state index in [2.05, 4.69) is 10.0 Å². The molecule has 0 N–H and O–H groups in total. The fraction of sp³-hybridized carbons (Fsp3) is 0.941. The van der Waals surface area contributed by atoms with Crippen LogP contribution in [-0.4, -0.2) is 55.1 Å². The summed E-state index contributed by atoms with van der Waals surface area (Å²) in [6.45, 7) is 12.7. The Bertz CT molecular complexity index is 580. The van der Waals surface area contributed by atoms with Crippen LogP contribution in [0, 0.1) is 5.41 Å². The Kier molecular flexibility index (Phi) is 5.90. The van der Waals surface area contributed by atoms with E-state index in [1.807, 2.05) is 0 Å². The van der Waals surface area contributed by atoms with E-state index in [1.165, 1.54) is 0 Å². The van der Waals surface area contributed by atoms with Gasteiger partial charge in [0.25, 0.3) is 0 Å². The SMILES string of the molecule is CC1(C)OCC(C(N=[N+]=[N-])C2OC(C)(C)OC2COC(=O)C(C)(C)C)O1. The normalized spacial score (nSPS) is 31.3. The van der Waals surface area contributed by atoms with Crippen LogP contribution >= 0.6 is 0 Å². The molecule has 0 radical (unpaired) electrons. The number of carbonyl (C=O) groups excluding carboxylic acids is 1. The van der Waals surface area contributed by atoms with Crippen molar-refractivity contribution in [3.05, 3.63) is 10.4 Å². The molecule has 0 aliphatic carbocycles. The Morgan fingerprint density at radius 2 is 1.88 bits per heavy atom. The molecule has 2 rings (SSSR count). The lowest BCUT2D eigenvalue weighted by molar-refractivity contribution is -0.166. The van der Waals surface area contributed by atoms with Crippen LogP contribution in [-0.2, 0) is 28.5 Å². The number of ether oxygens (including phenoxy) is 5. The third-order valence-corrected chi connectivity index (χ3v) is 4.15. The summed E-state index contributed by atoms with van der Waals surface area (Å²) in [6, 6.07) is -0.679. The molecule has 4 unspecified atom stereocenters. The molecule has 0 aromatic carbocycles. The Morgan fingerprint density at radius 1 is 1.23 bits per heavy atom. The molecule has 2 aliphatic heterocycles. The highest BCUT2D eigenvalue weighted by molar-refractivity contribution is 5.75. The molecule has 2 fully saturated rings. The molecule has 9 nitrogen and oxygen atoms in total. The summed E-state index contributed by atoms with van der Waals surface area (Å²) < 4.78 is 28.7. The summed E-state index contributed by atoms with van der Waals surface area (Å²) in [5.74, 6) is -2.01. The molecule has 2 aliphatic rings. The number of hydrogen-bond acceptors (Lipinski definition) is 7. The highest BCUT2D eigenvalue weighted by Gasteiger charge is 2.50. The average Bonchev–Trinajstić information content (AvgIpc) is 3.00. The van der Waals surface area contributed by atoms with Gasteiger partial charge >= 0.3 is 5.97 Å². The Morgan fingerprint density at radius 3 is 2.38 bits per heavy atom. The van der Waals surface area contributed by atoms with Gasteiger partial charge in [0.1, 0.15) is 18.8 Å². The highest BCUT2D eigenvalue weighted by atomic mass is 16.8. The van der Waals surface area contributed by atoms with Gasteiger partial charge in [-0.2, -0.15) is 0 Å². The van der Waals surface area contributed by atoms with Crippen molar-refractivity contribution >= 4 is 5.97 Å². The largest absolute Gasteiger partial charge is 0.462 e. The van der Waals surface area contributed by atoms with E-state index in [9.17, 15) is 4.79 Å². The van der Waals surface area contributed by atoms with Gasteiger partial charge in [-0.15, -0.1) is 0 Å². The molecule has 26 heavy (non-hydrogen) atoms. The van der Waals surface area contributed by atoms with E-state index in [-0.39, 0.29) is 19.2 Å². The first-order valence-corrected chi connectivity index (χ1v) is 8.73. The zero-order chi connectivity index (χ0) is 19.8. The van der Waals surface area contributed by atoms with E-state index in [0.717, 1.165) is 0 Å². The molecule has 2 heterocycles. The minimum absolute atomic E-state index is 0.00137. The molecule has 2 saturated heterocycles. The molecule has 0 bridgehead atoms. The number of carbonyl (C=O) groups is 1. The van der Waals surface area contributed by atoms with Gasteiger partial charge in [-0.05, 0) is 54.0 Å². The molecule has 0 saturated carbocycles. The van der Waals surface area contributed by atoms with Gasteiger partial charge in [0.15, 0.2) is 11.6 Å². The van der Waals surface area contributed by atoms with Gasteiger partial charge in [-0.3, -0.25) is 4.79 Å². The van der Waals surface area contributed by atoms with Crippen molar-refractivity contribution in [2.45, 2.75) is 84.4 Å². The van der Waals surface area contributed by atoms with E-state index in [1.54, 1.807) is 48.5 Å². The smallest absolute Gasteiger partial charge is 0.311 e. The summed E-state index contributed by atoms with van der Waals surface area (Å²) in [5.41, 5.74) is 8.38. The second-order valence-corrected chi connectivity index (χ2v) is 8.55. The summed E-state index contributed by atoms with van der Waals surface area (Å²) >= 11 is 0. The molecule has 148 valence electrons. The molecule has 4 atom stereocenters. The van der Waals surface area contributed by atoms with Crippen LogP contribution in [0.2, 0.25) is 0 Å². The number of azide groups is 1. The van der Waals surface area contributed by atoms with E-state index in [0.29, 0.717) is 0 Å². The molecular weight excluding hydrogens is 342 g/mol. The van der Waals surface area contributed by atoms with Crippen LogP contribution in [0.4, 0.5) is 0 Å². The molecule has 0 aromatic rings. The second-order valence-electron chi connectivity index (χ2n) is 8.55. The maximum absolute atomic E-state index is 12.1. The lowest BCUT2D eigenvalue weighted by atomic mass is 9.97. The summed E-state index contributed by atoms with van der Waals surface area (Å²) in [4.78, 5) is 15.0. The number of rotatable bonds is 5. The van der Waals surface area contributed by atoms with Gasteiger partial charge in [-0.25, -0.2) is 0 Å². The minimum atomic E-state index is -0.901. The van der Waals surface area contributed by atoms with E-state index in [4.69, 9.17) is 29.2 Å². The first kappa shape index (κ1) is 20.9. The average molecular weight is 371 g/mol. The first-order chi connectivity index (χ1) is 11.8. The zero-order valence-corrected chi connectivity index (χ0v) is 16.5. The fourth-order valence-electron chi connectivity index (χ4n) is 2.95. The Labute approximate surface area is 153 Å². The van der Waals surface area contributed by atoms with Crippen molar-refractivity contribution < 1.29 is 28.5 Å². The standard InChI is InChI=1S/C17H29N3O6/c1-15(2,3)14(21)22-8-11-13(26-17(6,7)25-11)12(19-20-18)10-9-23-16(4,5)24-10/h10-13H,8-9H2,1-7H3. The van der Waals surface area contributed by atoms with Crippen molar-refractivity contribution in [1.29, 1.82) is 0 Å². The Hall–Kier alpha value is -1.38. The minimum Gasteiger partial charge on any atom is -0.462 e. The first-order valence-electron chi connectivity index (χ1n) is 8.73. The van der Waals surface area contributed by atoms with Crippen molar-refractivity contribution in [2.75, 3.05) is 13.2 Å². The van der Waals surface area contributed by atoms with E-state index >= 15 is 0 Å². The maximum Gasteiger partial charge on any atom is 0.311 e.